The molecule has 0 aromatic heterocycles. The third kappa shape index (κ3) is 14.9. The number of alkyl halides is 2. The van der Waals surface area contributed by atoms with E-state index in [-0.39, 0.29) is 11.5 Å². The molecule has 0 saturated carbocycles. The number of carboxylic acid groups (broad SMARTS) is 2. The lowest BCUT2D eigenvalue weighted by molar-refractivity contribution is -0.142. The van der Waals surface area contributed by atoms with Gasteiger partial charge in [0, 0.05) is 11.6 Å². The van der Waals surface area contributed by atoms with Crippen molar-refractivity contribution in [2.75, 3.05) is 0 Å². The van der Waals surface area contributed by atoms with E-state index < -0.39 is 23.1 Å². The van der Waals surface area contributed by atoms with E-state index in [0.29, 0.717) is 5.56 Å². The highest BCUT2D eigenvalue weighted by molar-refractivity contribution is 6.29. The van der Waals surface area contributed by atoms with E-state index in [1.807, 2.05) is 12.2 Å². The molecule has 6 nitrogen and oxygen atoms in total. The SMILES string of the molecule is CCCCCCCCCCCCCCC/C=C/c1ccc(OC(Cl)C(=O)O)cc1OC(Cl)C(=O)O. The van der Waals surface area contributed by atoms with E-state index >= 15 is 0 Å². The first kappa shape index (κ1) is 31.1. The second-order valence-corrected chi connectivity index (χ2v) is 9.47. The Morgan fingerprint density at radius 1 is 0.800 bits per heavy atom. The maximum Gasteiger partial charge on any atom is 0.360 e. The molecule has 2 atom stereocenters. The van der Waals surface area contributed by atoms with Crippen molar-refractivity contribution < 1.29 is 29.3 Å². The van der Waals surface area contributed by atoms with Gasteiger partial charge in [0.25, 0.3) is 11.1 Å². The second-order valence-electron chi connectivity index (χ2n) is 8.68. The van der Waals surface area contributed by atoms with Crippen molar-refractivity contribution in [2.24, 2.45) is 0 Å². The van der Waals surface area contributed by atoms with Gasteiger partial charge in [-0.2, -0.15) is 0 Å². The zero-order valence-electron chi connectivity index (χ0n) is 20.7. The van der Waals surface area contributed by atoms with E-state index in [2.05, 4.69) is 6.92 Å². The quantitative estimate of drug-likeness (QED) is 0.123. The third-order valence-corrected chi connectivity index (χ3v) is 6.17. The molecular formula is C27H40Cl2O6. The number of carboxylic acids is 2. The fourth-order valence-electron chi connectivity index (χ4n) is 3.65. The number of halogens is 2. The highest BCUT2D eigenvalue weighted by atomic mass is 35.5. The molecule has 0 aliphatic rings. The van der Waals surface area contributed by atoms with Crippen molar-refractivity contribution in [3.63, 3.8) is 0 Å². The molecule has 0 saturated heterocycles. The Labute approximate surface area is 219 Å². The third-order valence-electron chi connectivity index (χ3n) is 5.62. The van der Waals surface area contributed by atoms with Crippen LogP contribution >= 0.6 is 23.2 Å². The molecule has 0 amide bonds. The Balaban J connectivity index is 2.36. The van der Waals surface area contributed by atoms with Crippen LogP contribution in [0.4, 0.5) is 0 Å². The fourth-order valence-corrected chi connectivity index (χ4v) is 3.85. The van der Waals surface area contributed by atoms with Crippen molar-refractivity contribution in [1.82, 2.24) is 0 Å². The zero-order valence-corrected chi connectivity index (χ0v) is 22.2. The molecule has 0 aliphatic heterocycles. The van der Waals surface area contributed by atoms with E-state index in [9.17, 15) is 9.59 Å². The number of aliphatic carboxylic acids is 2. The summed E-state index contributed by atoms with van der Waals surface area (Å²) in [6, 6.07) is 4.56. The lowest BCUT2D eigenvalue weighted by Gasteiger charge is -2.14. The van der Waals surface area contributed by atoms with Gasteiger partial charge in [-0.05, 0) is 25.0 Å². The number of ether oxygens (including phenoxy) is 2. The number of rotatable bonds is 21. The number of hydrogen-bond acceptors (Lipinski definition) is 4. The first-order chi connectivity index (χ1) is 16.8. The van der Waals surface area contributed by atoms with Gasteiger partial charge in [0.05, 0.1) is 0 Å². The van der Waals surface area contributed by atoms with Crippen LogP contribution in [0.25, 0.3) is 6.08 Å². The predicted octanol–water partition coefficient (Wildman–Crippen LogP) is 8.24. The van der Waals surface area contributed by atoms with Gasteiger partial charge in [0.15, 0.2) is 0 Å². The maximum atomic E-state index is 11.1. The largest absolute Gasteiger partial charge is 0.478 e. The van der Waals surface area contributed by atoms with Gasteiger partial charge in [0.2, 0.25) is 0 Å². The normalized spacial score (nSPS) is 13.0. The predicted molar refractivity (Wildman–Crippen MR) is 142 cm³/mol. The monoisotopic (exact) mass is 530 g/mol. The van der Waals surface area contributed by atoms with Gasteiger partial charge in [-0.15, -0.1) is 0 Å². The molecule has 2 N–H and O–H groups in total. The molecule has 1 aromatic rings. The van der Waals surface area contributed by atoms with Crippen LogP contribution in [0.2, 0.25) is 0 Å². The molecule has 0 heterocycles. The lowest BCUT2D eigenvalue weighted by Crippen LogP contribution is -2.21. The van der Waals surface area contributed by atoms with Crippen LogP contribution in [0, 0.1) is 0 Å². The summed E-state index contributed by atoms with van der Waals surface area (Å²) in [5.41, 5.74) is -2.56. The molecule has 0 fully saturated rings. The van der Waals surface area contributed by atoms with Gasteiger partial charge < -0.3 is 19.7 Å². The van der Waals surface area contributed by atoms with Crippen LogP contribution < -0.4 is 9.47 Å². The van der Waals surface area contributed by atoms with Gasteiger partial charge in [0.1, 0.15) is 11.5 Å². The van der Waals surface area contributed by atoms with Crippen LogP contribution in [-0.2, 0) is 9.59 Å². The Morgan fingerprint density at radius 3 is 1.80 bits per heavy atom. The molecule has 2 unspecified atom stereocenters. The molecule has 0 radical (unpaired) electrons. The van der Waals surface area contributed by atoms with Crippen molar-refractivity contribution >= 4 is 41.2 Å². The molecule has 0 spiro atoms. The zero-order chi connectivity index (χ0) is 25.9. The number of hydrogen-bond donors (Lipinski definition) is 2. The molecule has 1 rings (SSSR count). The summed E-state index contributed by atoms with van der Waals surface area (Å²) < 4.78 is 10.4. The van der Waals surface area contributed by atoms with Crippen molar-refractivity contribution in [1.29, 1.82) is 0 Å². The lowest BCUT2D eigenvalue weighted by atomic mass is 10.0. The Hall–Kier alpha value is -1.92. The smallest absolute Gasteiger partial charge is 0.360 e. The van der Waals surface area contributed by atoms with Gasteiger partial charge >= 0.3 is 11.9 Å². The minimum atomic E-state index is -1.59. The van der Waals surface area contributed by atoms with Crippen molar-refractivity contribution in [2.45, 2.75) is 108 Å². The molecule has 0 aliphatic carbocycles. The van der Waals surface area contributed by atoms with Crippen LogP contribution in [0.15, 0.2) is 24.3 Å². The molecule has 8 heteroatoms. The Kier molecular flexibility index (Phi) is 17.1. The Morgan fingerprint density at radius 2 is 1.29 bits per heavy atom. The number of allylic oxidation sites excluding steroid dienone is 1. The Bertz CT molecular complexity index is 768. The van der Waals surface area contributed by atoms with Crippen LogP contribution in [-0.4, -0.2) is 33.3 Å². The molecule has 198 valence electrons. The van der Waals surface area contributed by atoms with Gasteiger partial charge in [-0.1, -0.05) is 119 Å². The number of benzene rings is 1. The van der Waals surface area contributed by atoms with Crippen LogP contribution in [0.1, 0.15) is 102 Å². The highest BCUT2D eigenvalue weighted by Gasteiger charge is 2.19. The summed E-state index contributed by atoms with van der Waals surface area (Å²) in [5.74, 6) is -2.37. The molecule has 1 aromatic carbocycles. The average molecular weight is 532 g/mol. The standard InChI is InChI=1S/C27H40Cl2O6/c1-2-3-4-5-6-7-8-9-10-11-12-13-14-15-16-17-21-18-19-22(34-24(28)26(30)31)20-23(21)35-25(29)27(32)33/h16-20,24-25H,2-15H2,1H3,(H,30,31)(H,32,33)/b17-16+. The first-order valence-electron chi connectivity index (χ1n) is 12.7. The summed E-state index contributed by atoms with van der Waals surface area (Å²) in [7, 11) is 0. The highest BCUT2D eigenvalue weighted by Crippen LogP contribution is 2.29. The minimum absolute atomic E-state index is 0.130. The summed E-state index contributed by atoms with van der Waals surface area (Å²) in [6.07, 6.45) is 21.7. The first-order valence-corrected chi connectivity index (χ1v) is 13.6. The second kappa shape index (κ2) is 19.3. The van der Waals surface area contributed by atoms with Gasteiger partial charge in [-0.25, -0.2) is 9.59 Å². The van der Waals surface area contributed by atoms with Crippen LogP contribution in [0.5, 0.6) is 11.5 Å². The number of carbonyl (C=O) groups is 2. The van der Waals surface area contributed by atoms with E-state index in [0.717, 1.165) is 12.8 Å². The number of unbranched alkanes of at least 4 members (excludes halogenated alkanes) is 13. The van der Waals surface area contributed by atoms with Crippen molar-refractivity contribution in [3.05, 3.63) is 29.8 Å². The van der Waals surface area contributed by atoms with Crippen LogP contribution in [0.3, 0.4) is 0 Å². The maximum absolute atomic E-state index is 11.1. The van der Waals surface area contributed by atoms with E-state index in [4.69, 9.17) is 42.9 Å². The summed E-state index contributed by atoms with van der Waals surface area (Å²) >= 11 is 11.3. The fraction of sp³-hybridized carbons (Fsp3) is 0.630. The van der Waals surface area contributed by atoms with E-state index in [1.165, 1.54) is 83.1 Å². The minimum Gasteiger partial charge on any atom is -0.478 e. The van der Waals surface area contributed by atoms with Crippen molar-refractivity contribution in [3.8, 4) is 11.5 Å². The molecular weight excluding hydrogens is 491 g/mol. The summed E-state index contributed by atoms with van der Waals surface area (Å²) in [6.45, 7) is 2.25. The van der Waals surface area contributed by atoms with Gasteiger partial charge in [-0.3, -0.25) is 0 Å². The molecule has 0 bridgehead atoms. The topological polar surface area (TPSA) is 93.1 Å². The van der Waals surface area contributed by atoms with E-state index in [1.54, 1.807) is 12.1 Å². The summed E-state index contributed by atoms with van der Waals surface area (Å²) in [5, 5.41) is 17.9. The summed E-state index contributed by atoms with van der Waals surface area (Å²) in [4.78, 5) is 22.0. The molecule has 35 heavy (non-hydrogen) atoms. The average Bonchev–Trinajstić information content (AvgIpc) is 2.82.